The van der Waals surface area contributed by atoms with Gasteiger partial charge in [0.25, 0.3) is 0 Å². The minimum absolute atomic E-state index is 0.00426. The highest BCUT2D eigenvalue weighted by Gasteiger charge is 2.36. The maximum Gasteiger partial charge on any atom is 0.416 e. The SMILES string of the molecule is C=CC(=O)N1C[C@@H](Cc2ccccn2)[C@H](OCc2cccc(C(F)(F)F)c2)C1. The van der Waals surface area contributed by atoms with Crippen LogP contribution in [0, 0.1) is 5.92 Å². The molecule has 1 amide bonds. The van der Waals surface area contributed by atoms with Crippen LogP contribution in [0.15, 0.2) is 61.3 Å². The van der Waals surface area contributed by atoms with Gasteiger partial charge in [-0.25, -0.2) is 0 Å². The third kappa shape index (κ3) is 4.98. The molecule has 148 valence electrons. The van der Waals surface area contributed by atoms with Crippen LogP contribution in [0.25, 0.3) is 0 Å². The van der Waals surface area contributed by atoms with Gasteiger partial charge in [-0.1, -0.05) is 24.8 Å². The summed E-state index contributed by atoms with van der Waals surface area (Å²) in [5, 5.41) is 0. The minimum atomic E-state index is -4.39. The van der Waals surface area contributed by atoms with E-state index < -0.39 is 11.7 Å². The Morgan fingerprint density at radius 1 is 1.25 bits per heavy atom. The maximum absolute atomic E-state index is 12.9. The molecule has 1 aliphatic rings. The predicted octanol–water partition coefficient (Wildman–Crippen LogP) is 3.87. The zero-order valence-corrected chi connectivity index (χ0v) is 15.2. The van der Waals surface area contributed by atoms with Gasteiger partial charge in [-0.05, 0) is 42.3 Å². The van der Waals surface area contributed by atoms with Crippen molar-refractivity contribution in [2.24, 2.45) is 5.92 Å². The third-order valence-electron chi connectivity index (χ3n) is 4.78. The molecule has 2 aromatic rings. The van der Waals surface area contributed by atoms with E-state index in [9.17, 15) is 18.0 Å². The Morgan fingerprint density at radius 2 is 2.07 bits per heavy atom. The number of ether oxygens (including phenoxy) is 1. The standard InChI is InChI=1S/C21H21F3N2O2/c1-2-20(27)26-12-16(11-18-8-3-4-9-25-18)19(13-26)28-14-15-6-5-7-17(10-15)21(22,23)24/h2-10,16,19H,1,11-14H2/t16-,19-/m1/s1. The fourth-order valence-corrected chi connectivity index (χ4v) is 3.36. The summed E-state index contributed by atoms with van der Waals surface area (Å²) in [7, 11) is 0. The summed E-state index contributed by atoms with van der Waals surface area (Å²) in [5.74, 6) is -0.180. The number of pyridine rings is 1. The van der Waals surface area contributed by atoms with E-state index in [0.717, 1.165) is 17.8 Å². The Balaban J connectivity index is 1.70. The number of amides is 1. The number of carbonyl (C=O) groups excluding carboxylic acids is 1. The average Bonchev–Trinajstić information content (AvgIpc) is 3.09. The molecule has 1 aromatic carbocycles. The zero-order valence-electron chi connectivity index (χ0n) is 15.2. The lowest BCUT2D eigenvalue weighted by Gasteiger charge is -2.19. The van der Waals surface area contributed by atoms with Crippen molar-refractivity contribution in [3.05, 3.63) is 78.1 Å². The first-order valence-electron chi connectivity index (χ1n) is 8.96. The lowest BCUT2D eigenvalue weighted by atomic mass is 9.99. The normalized spacial score (nSPS) is 19.6. The number of carbonyl (C=O) groups is 1. The van der Waals surface area contributed by atoms with Crippen LogP contribution in [-0.2, 0) is 28.7 Å². The van der Waals surface area contributed by atoms with E-state index in [1.807, 2.05) is 18.2 Å². The molecular weight excluding hydrogens is 369 g/mol. The van der Waals surface area contributed by atoms with Crippen LogP contribution in [0.5, 0.6) is 0 Å². The molecule has 28 heavy (non-hydrogen) atoms. The Labute approximate surface area is 161 Å². The van der Waals surface area contributed by atoms with Crippen molar-refractivity contribution >= 4 is 5.91 Å². The molecule has 4 nitrogen and oxygen atoms in total. The van der Waals surface area contributed by atoms with E-state index in [1.54, 1.807) is 17.2 Å². The summed E-state index contributed by atoms with van der Waals surface area (Å²) >= 11 is 0. The molecule has 1 aromatic heterocycles. The number of hydrogen-bond donors (Lipinski definition) is 0. The first-order chi connectivity index (χ1) is 13.4. The smallest absolute Gasteiger partial charge is 0.371 e. The Kier molecular flexibility index (Phi) is 6.14. The van der Waals surface area contributed by atoms with Gasteiger partial charge in [0.1, 0.15) is 0 Å². The fraction of sp³-hybridized carbons (Fsp3) is 0.333. The van der Waals surface area contributed by atoms with Gasteiger partial charge < -0.3 is 9.64 Å². The van der Waals surface area contributed by atoms with Crippen LogP contribution in [0.1, 0.15) is 16.8 Å². The van der Waals surface area contributed by atoms with Crippen molar-refractivity contribution in [1.82, 2.24) is 9.88 Å². The quantitative estimate of drug-likeness (QED) is 0.704. The van der Waals surface area contributed by atoms with Crippen LogP contribution in [-0.4, -0.2) is 35.0 Å². The lowest BCUT2D eigenvalue weighted by molar-refractivity contribution is -0.137. The molecule has 0 spiro atoms. The third-order valence-corrected chi connectivity index (χ3v) is 4.78. The second kappa shape index (κ2) is 8.56. The molecule has 2 heterocycles. The van der Waals surface area contributed by atoms with Gasteiger partial charge >= 0.3 is 6.18 Å². The van der Waals surface area contributed by atoms with Crippen molar-refractivity contribution in [3.63, 3.8) is 0 Å². The van der Waals surface area contributed by atoms with E-state index in [1.165, 1.54) is 12.1 Å². The molecule has 7 heteroatoms. The van der Waals surface area contributed by atoms with Crippen molar-refractivity contribution in [1.29, 1.82) is 0 Å². The van der Waals surface area contributed by atoms with Crippen LogP contribution < -0.4 is 0 Å². The number of aromatic nitrogens is 1. The van der Waals surface area contributed by atoms with E-state index in [0.29, 0.717) is 25.1 Å². The number of rotatable bonds is 6. The van der Waals surface area contributed by atoms with Crippen molar-refractivity contribution < 1.29 is 22.7 Å². The minimum Gasteiger partial charge on any atom is -0.371 e. The highest BCUT2D eigenvalue weighted by Crippen LogP contribution is 2.30. The predicted molar refractivity (Wildman–Crippen MR) is 98.2 cm³/mol. The van der Waals surface area contributed by atoms with Gasteiger partial charge in [0.2, 0.25) is 5.91 Å². The van der Waals surface area contributed by atoms with Crippen molar-refractivity contribution in [2.75, 3.05) is 13.1 Å². The van der Waals surface area contributed by atoms with Crippen LogP contribution in [0.2, 0.25) is 0 Å². The maximum atomic E-state index is 12.9. The molecule has 0 N–H and O–H groups in total. The largest absolute Gasteiger partial charge is 0.416 e. The molecule has 0 aliphatic carbocycles. The number of likely N-dealkylation sites (tertiary alicyclic amines) is 1. The van der Waals surface area contributed by atoms with Gasteiger partial charge in [-0.3, -0.25) is 9.78 Å². The van der Waals surface area contributed by atoms with Gasteiger partial charge in [-0.15, -0.1) is 0 Å². The molecule has 0 bridgehead atoms. The number of nitrogens with zero attached hydrogens (tertiary/aromatic N) is 2. The number of alkyl halides is 3. The molecule has 0 saturated carbocycles. The van der Waals surface area contributed by atoms with Gasteiger partial charge in [0, 0.05) is 30.9 Å². The molecule has 0 unspecified atom stereocenters. The summed E-state index contributed by atoms with van der Waals surface area (Å²) in [4.78, 5) is 18.0. The average molecular weight is 390 g/mol. The Bertz CT molecular complexity index is 824. The van der Waals surface area contributed by atoms with E-state index in [4.69, 9.17) is 4.74 Å². The first-order valence-corrected chi connectivity index (χ1v) is 8.96. The molecule has 1 fully saturated rings. The van der Waals surface area contributed by atoms with Crippen LogP contribution in [0.3, 0.4) is 0 Å². The summed E-state index contributed by atoms with van der Waals surface area (Å²) in [6, 6.07) is 10.7. The molecule has 2 atom stereocenters. The highest BCUT2D eigenvalue weighted by molar-refractivity contribution is 5.87. The zero-order chi connectivity index (χ0) is 20.1. The summed E-state index contributed by atoms with van der Waals surface area (Å²) in [6.45, 7) is 4.43. The van der Waals surface area contributed by atoms with E-state index in [2.05, 4.69) is 11.6 Å². The van der Waals surface area contributed by atoms with Crippen LogP contribution in [0.4, 0.5) is 13.2 Å². The summed E-state index contributed by atoms with van der Waals surface area (Å²) < 4.78 is 44.6. The molecule has 1 saturated heterocycles. The fourth-order valence-electron chi connectivity index (χ4n) is 3.36. The van der Waals surface area contributed by atoms with Gasteiger partial charge in [0.15, 0.2) is 0 Å². The molecule has 0 radical (unpaired) electrons. The summed E-state index contributed by atoms with van der Waals surface area (Å²) in [5.41, 5.74) is 0.626. The number of halogens is 3. The molecule has 1 aliphatic heterocycles. The summed E-state index contributed by atoms with van der Waals surface area (Å²) in [6.07, 6.45) is -1.10. The van der Waals surface area contributed by atoms with E-state index in [-0.39, 0.29) is 24.5 Å². The highest BCUT2D eigenvalue weighted by atomic mass is 19.4. The number of benzene rings is 1. The van der Waals surface area contributed by atoms with Gasteiger partial charge in [0.05, 0.1) is 18.3 Å². The lowest BCUT2D eigenvalue weighted by Crippen LogP contribution is -2.28. The van der Waals surface area contributed by atoms with Gasteiger partial charge in [-0.2, -0.15) is 13.2 Å². The van der Waals surface area contributed by atoms with Crippen molar-refractivity contribution in [2.45, 2.75) is 25.3 Å². The van der Waals surface area contributed by atoms with Crippen LogP contribution >= 0.6 is 0 Å². The second-order valence-electron chi connectivity index (χ2n) is 6.78. The Morgan fingerprint density at radius 3 is 2.75 bits per heavy atom. The Hall–Kier alpha value is -2.67. The second-order valence-corrected chi connectivity index (χ2v) is 6.78. The molecule has 3 rings (SSSR count). The molecular formula is C21H21F3N2O2. The monoisotopic (exact) mass is 390 g/mol. The van der Waals surface area contributed by atoms with E-state index >= 15 is 0 Å². The topological polar surface area (TPSA) is 42.4 Å². The number of hydrogen-bond acceptors (Lipinski definition) is 3. The van der Waals surface area contributed by atoms with Crippen molar-refractivity contribution in [3.8, 4) is 0 Å². The first kappa shape index (κ1) is 20.1.